The van der Waals surface area contributed by atoms with Crippen molar-refractivity contribution in [3.05, 3.63) is 20.8 Å². The number of carbonyl (C=O) groups is 1. The van der Waals surface area contributed by atoms with Gasteiger partial charge >= 0.3 is 0 Å². The van der Waals surface area contributed by atoms with E-state index in [1.165, 1.54) is 11.3 Å². The molecule has 4 heteroatoms. The summed E-state index contributed by atoms with van der Waals surface area (Å²) in [4.78, 5) is 12.5. The maximum absolute atomic E-state index is 11.5. The number of hydrogen-bond donors (Lipinski definition) is 1. The molecule has 1 rings (SSSR count). The number of terminal acetylenes is 1. The van der Waals surface area contributed by atoms with Crippen molar-refractivity contribution < 1.29 is 4.79 Å². The van der Waals surface area contributed by atoms with Crippen LogP contribution in [0.4, 0.5) is 0 Å². The summed E-state index contributed by atoms with van der Waals surface area (Å²) in [7, 11) is 0. The van der Waals surface area contributed by atoms with Crippen LogP contribution in [-0.2, 0) is 11.2 Å². The molecular weight excluding hydrogens is 262 g/mol. The molecule has 0 aromatic carbocycles. The fraction of sp³-hybridized carbons (Fsp3) is 0.300. The maximum atomic E-state index is 11.5. The quantitative estimate of drug-likeness (QED) is 0.851. The molecule has 2 nitrogen and oxygen atoms in total. The van der Waals surface area contributed by atoms with Crippen molar-refractivity contribution in [2.45, 2.75) is 18.9 Å². The van der Waals surface area contributed by atoms with Gasteiger partial charge in [0.2, 0.25) is 0 Å². The van der Waals surface area contributed by atoms with Crippen LogP contribution < -0.4 is 5.73 Å². The average Bonchev–Trinajstić information content (AvgIpc) is 2.51. The van der Waals surface area contributed by atoms with E-state index in [1.807, 2.05) is 11.4 Å². The Hall–Kier alpha value is -0.630. The van der Waals surface area contributed by atoms with E-state index in [-0.39, 0.29) is 5.78 Å². The third-order valence-corrected chi connectivity index (χ3v) is 3.42. The predicted octanol–water partition coefficient (Wildman–Crippen LogP) is 1.97. The average molecular weight is 272 g/mol. The van der Waals surface area contributed by atoms with Crippen LogP contribution in [0.25, 0.3) is 0 Å². The first-order valence-electron chi connectivity index (χ1n) is 4.08. The zero-order valence-corrected chi connectivity index (χ0v) is 9.90. The van der Waals surface area contributed by atoms with Gasteiger partial charge in [0.25, 0.3) is 0 Å². The van der Waals surface area contributed by atoms with Gasteiger partial charge in [-0.1, -0.05) is 0 Å². The highest BCUT2D eigenvalue weighted by Crippen LogP contribution is 2.20. The number of ketones is 1. The molecule has 0 aliphatic heterocycles. The van der Waals surface area contributed by atoms with E-state index in [0.717, 1.165) is 9.35 Å². The molecule has 0 aliphatic carbocycles. The van der Waals surface area contributed by atoms with E-state index < -0.39 is 6.04 Å². The van der Waals surface area contributed by atoms with Gasteiger partial charge < -0.3 is 5.73 Å². The Morgan fingerprint density at radius 3 is 3.00 bits per heavy atom. The highest BCUT2D eigenvalue weighted by Gasteiger charge is 2.13. The Morgan fingerprint density at radius 1 is 1.79 bits per heavy atom. The Morgan fingerprint density at radius 2 is 2.50 bits per heavy atom. The van der Waals surface area contributed by atoms with Crippen molar-refractivity contribution >= 4 is 33.0 Å². The summed E-state index contributed by atoms with van der Waals surface area (Å²) in [5.74, 6) is 2.39. The fourth-order valence-electron chi connectivity index (χ4n) is 0.990. The standard InChI is InChI=1S/C10H10BrNOS/c1-2-3-9(12)10(13)5-8-4-7(11)6-14-8/h1,4,6,9H,3,5,12H2. The van der Waals surface area contributed by atoms with Gasteiger partial charge in [0.1, 0.15) is 0 Å². The lowest BCUT2D eigenvalue weighted by atomic mass is 10.1. The topological polar surface area (TPSA) is 43.1 Å². The molecule has 0 spiro atoms. The second kappa shape index (κ2) is 5.30. The molecule has 0 aliphatic rings. The van der Waals surface area contributed by atoms with E-state index in [1.54, 1.807) is 0 Å². The molecule has 0 fully saturated rings. The molecule has 0 saturated heterocycles. The third kappa shape index (κ3) is 3.26. The van der Waals surface area contributed by atoms with Crippen molar-refractivity contribution in [2.75, 3.05) is 0 Å². The second-order valence-electron chi connectivity index (χ2n) is 2.89. The highest BCUT2D eigenvalue weighted by molar-refractivity contribution is 9.10. The molecule has 1 aromatic rings. The van der Waals surface area contributed by atoms with Crippen LogP contribution in [0.2, 0.25) is 0 Å². The number of carbonyl (C=O) groups excluding carboxylic acids is 1. The molecular formula is C10H10BrNOS. The van der Waals surface area contributed by atoms with E-state index in [9.17, 15) is 4.79 Å². The van der Waals surface area contributed by atoms with Crippen molar-refractivity contribution in [3.63, 3.8) is 0 Å². The zero-order chi connectivity index (χ0) is 10.6. The normalized spacial score (nSPS) is 12.1. The molecule has 1 atom stereocenters. The number of halogens is 1. The summed E-state index contributed by atoms with van der Waals surface area (Å²) in [6, 6.07) is 1.39. The lowest BCUT2D eigenvalue weighted by molar-refractivity contribution is -0.119. The van der Waals surface area contributed by atoms with Crippen LogP contribution in [0.1, 0.15) is 11.3 Å². The van der Waals surface area contributed by atoms with E-state index in [4.69, 9.17) is 12.2 Å². The summed E-state index contributed by atoms with van der Waals surface area (Å²) in [6.45, 7) is 0. The minimum Gasteiger partial charge on any atom is -0.321 e. The van der Waals surface area contributed by atoms with Crippen molar-refractivity contribution in [1.82, 2.24) is 0 Å². The largest absolute Gasteiger partial charge is 0.321 e. The van der Waals surface area contributed by atoms with Crippen LogP contribution in [0, 0.1) is 12.3 Å². The monoisotopic (exact) mass is 271 g/mol. The summed E-state index contributed by atoms with van der Waals surface area (Å²) < 4.78 is 0.996. The molecule has 1 aromatic heterocycles. The fourth-order valence-corrected chi connectivity index (χ4v) is 2.45. The number of rotatable bonds is 4. The number of hydrogen-bond acceptors (Lipinski definition) is 3. The zero-order valence-electron chi connectivity index (χ0n) is 7.50. The Kier molecular flexibility index (Phi) is 4.33. The molecule has 0 bridgehead atoms. The summed E-state index contributed by atoms with van der Waals surface area (Å²) in [5.41, 5.74) is 5.58. The smallest absolute Gasteiger partial charge is 0.155 e. The first kappa shape index (κ1) is 11.4. The minimum atomic E-state index is -0.527. The SMILES string of the molecule is C#CCC(N)C(=O)Cc1cc(Br)cs1. The maximum Gasteiger partial charge on any atom is 0.155 e. The molecule has 2 N–H and O–H groups in total. The van der Waals surface area contributed by atoms with Crippen LogP contribution in [0.5, 0.6) is 0 Å². The van der Waals surface area contributed by atoms with Gasteiger partial charge in [0.05, 0.1) is 6.04 Å². The number of Topliss-reactive ketones (excluding diaryl/α,β-unsaturated/α-hetero) is 1. The lowest BCUT2D eigenvalue weighted by Crippen LogP contribution is -2.31. The molecule has 1 unspecified atom stereocenters. The van der Waals surface area contributed by atoms with Gasteiger partial charge in [-0.2, -0.15) is 0 Å². The Bertz CT molecular complexity index is 366. The Labute approximate surface area is 95.6 Å². The van der Waals surface area contributed by atoms with E-state index in [2.05, 4.69) is 21.9 Å². The van der Waals surface area contributed by atoms with Crippen LogP contribution in [-0.4, -0.2) is 11.8 Å². The van der Waals surface area contributed by atoms with E-state index in [0.29, 0.717) is 12.8 Å². The second-order valence-corrected chi connectivity index (χ2v) is 4.80. The van der Waals surface area contributed by atoms with Crippen LogP contribution >= 0.6 is 27.3 Å². The molecule has 1 heterocycles. The summed E-state index contributed by atoms with van der Waals surface area (Å²) in [5, 5.41) is 1.94. The van der Waals surface area contributed by atoms with Gasteiger partial charge in [0.15, 0.2) is 5.78 Å². The first-order chi connectivity index (χ1) is 6.63. The van der Waals surface area contributed by atoms with Crippen molar-refractivity contribution in [1.29, 1.82) is 0 Å². The summed E-state index contributed by atoms with van der Waals surface area (Å²) in [6.07, 6.45) is 5.76. The van der Waals surface area contributed by atoms with Crippen LogP contribution in [0.3, 0.4) is 0 Å². The highest BCUT2D eigenvalue weighted by atomic mass is 79.9. The minimum absolute atomic E-state index is 0.00250. The third-order valence-electron chi connectivity index (χ3n) is 1.72. The van der Waals surface area contributed by atoms with E-state index >= 15 is 0 Å². The molecule has 0 radical (unpaired) electrons. The Balaban J connectivity index is 2.53. The van der Waals surface area contributed by atoms with Gasteiger partial charge in [-0.15, -0.1) is 23.7 Å². The number of thiophene rings is 1. The van der Waals surface area contributed by atoms with Gasteiger partial charge in [-0.05, 0) is 22.0 Å². The first-order valence-corrected chi connectivity index (χ1v) is 5.75. The van der Waals surface area contributed by atoms with Crippen molar-refractivity contribution in [2.24, 2.45) is 5.73 Å². The lowest BCUT2D eigenvalue weighted by Gasteiger charge is -2.04. The van der Waals surface area contributed by atoms with Gasteiger partial charge in [-0.25, -0.2) is 0 Å². The summed E-state index contributed by atoms with van der Waals surface area (Å²) >= 11 is 4.86. The molecule has 0 amide bonds. The molecule has 14 heavy (non-hydrogen) atoms. The predicted molar refractivity (Wildman–Crippen MR) is 62.2 cm³/mol. The van der Waals surface area contributed by atoms with Gasteiger partial charge in [0, 0.05) is 27.6 Å². The molecule has 74 valence electrons. The van der Waals surface area contributed by atoms with Crippen molar-refractivity contribution in [3.8, 4) is 12.3 Å². The van der Waals surface area contributed by atoms with Gasteiger partial charge in [-0.3, -0.25) is 4.79 Å². The number of nitrogens with two attached hydrogens (primary N) is 1. The van der Waals surface area contributed by atoms with Crippen LogP contribution in [0.15, 0.2) is 15.9 Å². The molecule has 0 saturated carbocycles.